The van der Waals surface area contributed by atoms with Crippen molar-refractivity contribution in [2.45, 2.75) is 39.8 Å². The molecule has 0 bridgehead atoms. The van der Waals surface area contributed by atoms with E-state index < -0.39 is 0 Å². The maximum Gasteiger partial charge on any atom is 0.0741 e. The number of methoxy groups -OCH3 is 1. The van der Waals surface area contributed by atoms with E-state index in [9.17, 15) is 0 Å². The van der Waals surface area contributed by atoms with Crippen LogP contribution >= 0.6 is 15.9 Å². The van der Waals surface area contributed by atoms with E-state index in [4.69, 9.17) is 4.74 Å². The van der Waals surface area contributed by atoms with Crippen LogP contribution in [0.4, 0.5) is 5.69 Å². The molecule has 3 heteroatoms. The van der Waals surface area contributed by atoms with Crippen molar-refractivity contribution in [1.29, 1.82) is 0 Å². The molecule has 0 aliphatic rings. The highest BCUT2D eigenvalue weighted by atomic mass is 79.9. The molecule has 0 amide bonds. The Bertz CT molecular complexity index is 342. The molecule has 0 radical (unpaired) electrons. The second-order valence-electron chi connectivity index (χ2n) is 4.30. The van der Waals surface area contributed by atoms with Gasteiger partial charge in [-0.3, -0.25) is 0 Å². The van der Waals surface area contributed by atoms with Gasteiger partial charge in [0.15, 0.2) is 0 Å². The zero-order chi connectivity index (χ0) is 12.3. The van der Waals surface area contributed by atoms with E-state index in [0.717, 1.165) is 5.69 Å². The van der Waals surface area contributed by atoms with Crippen molar-refractivity contribution in [3.05, 3.63) is 27.7 Å². The van der Waals surface area contributed by atoms with Gasteiger partial charge in [-0.15, -0.1) is 0 Å². The summed E-state index contributed by atoms with van der Waals surface area (Å²) < 4.78 is 6.48. The minimum atomic E-state index is 0.198. The molecule has 0 saturated carbocycles. The largest absolute Gasteiger partial charge is 0.380 e. The van der Waals surface area contributed by atoms with Crippen LogP contribution in [0.3, 0.4) is 0 Å². The van der Waals surface area contributed by atoms with E-state index in [1.807, 2.05) is 0 Å². The molecule has 0 aliphatic heterocycles. The molecule has 2 unspecified atom stereocenters. The second-order valence-corrected chi connectivity index (χ2v) is 5.09. The molecule has 0 fully saturated rings. The van der Waals surface area contributed by atoms with Crippen molar-refractivity contribution in [3.8, 4) is 0 Å². The summed E-state index contributed by atoms with van der Waals surface area (Å²) in [5.74, 6) is 0. The quantitative estimate of drug-likeness (QED) is 0.906. The highest BCUT2D eigenvalue weighted by molar-refractivity contribution is 9.10. The monoisotopic (exact) mass is 285 g/mol. The summed E-state index contributed by atoms with van der Waals surface area (Å²) in [6.45, 7) is 8.40. The first-order valence-corrected chi connectivity index (χ1v) is 6.31. The van der Waals surface area contributed by atoms with Crippen molar-refractivity contribution in [2.24, 2.45) is 0 Å². The maximum absolute atomic E-state index is 5.30. The topological polar surface area (TPSA) is 21.3 Å². The van der Waals surface area contributed by atoms with Gasteiger partial charge in [0.25, 0.3) is 0 Å². The summed E-state index contributed by atoms with van der Waals surface area (Å²) in [4.78, 5) is 0. The van der Waals surface area contributed by atoms with Crippen LogP contribution in [-0.4, -0.2) is 19.3 Å². The molecule has 16 heavy (non-hydrogen) atoms. The number of rotatable bonds is 4. The third kappa shape index (κ3) is 3.22. The Morgan fingerprint density at radius 3 is 2.12 bits per heavy atom. The molecule has 0 spiro atoms. The van der Waals surface area contributed by atoms with E-state index in [-0.39, 0.29) is 6.10 Å². The lowest BCUT2D eigenvalue weighted by Crippen LogP contribution is -2.29. The Morgan fingerprint density at radius 1 is 1.19 bits per heavy atom. The number of hydrogen-bond acceptors (Lipinski definition) is 2. The summed E-state index contributed by atoms with van der Waals surface area (Å²) >= 11 is 3.57. The van der Waals surface area contributed by atoms with Crippen LogP contribution in [-0.2, 0) is 4.74 Å². The van der Waals surface area contributed by atoms with Crippen molar-refractivity contribution in [3.63, 3.8) is 0 Å². The SMILES string of the molecule is COC(C)C(C)Nc1cc(C)c(Br)c(C)c1. The number of nitrogens with one attached hydrogen (secondary N) is 1. The molecule has 0 aromatic heterocycles. The smallest absolute Gasteiger partial charge is 0.0741 e. The molecule has 1 aromatic rings. The Hall–Kier alpha value is -0.540. The van der Waals surface area contributed by atoms with E-state index in [2.05, 4.69) is 61.1 Å². The molecular formula is C13H20BrNO. The Balaban J connectivity index is 2.82. The molecule has 90 valence electrons. The van der Waals surface area contributed by atoms with Crippen LogP contribution in [0.5, 0.6) is 0 Å². The minimum Gasteiger partial charge on any atom is -0.380 e. The normalized spacial score (nSPS) is 14.6. The summed E-state index contributed by atoms with van der Waals surface area (Å²) in [6, 6.07) is 4.59. The van der Waals surface area contributed by atoms with E-state index >= 15 is 0 Å². The standard InChI is InChI=1S/C13H20BrNO/c1-8-6-12(7-9(2)13(8)14)15-10(3)11(4)16-5/h6-7,10-11,15H,1-5H3. The summed E-state index contributed by atoms with van der Waals surface area (Å²) in [7, 11) is 1.74. The van der Waals surface area contributed by atoms with Crippen LogP contribution in [0.1, 0.15) is 25.0 Å². The lowest BCUT2D eigenvalue weighted by Gasteiger charge is -2.22. The summed E-state index contributed by atoms with van der Waals surface area (Å²) in [5.41, 5.74) is 3.65. The first-order chi connectivity index (χ1) is 7.45. The average molecular weight is 286 g/mol. The highest BCUT2D eigenvalue weighted by Crippen LogP contribution is 2.25. The third-order valence-corrected chi connectivity index (χ3v) is 4.16. The van der Waals surface area contributed by atoms with Gasteiger partial charge in [0.2, 0.25) is 0 Å². The number of benzene rings is 1. The summed E-state index contributed by atoms with van der Waals surface area (Å²) in [5, 5.41) is 3.46. The predicted molar refractivity (Wildman–Crippen MR) is 73.2 cm³/mol. The van der Waals surface area contributed by atoms with Crippen molar-refractivity contribution >= 4 is 21.6 Å². The second kappa shape index (κ2) is 5.69. The van der Waals surface area contributed by atoms with Gasteiger partial charge in [-0.2, -0.15) is 0 Å². The predicted octanol–water partition coefficient (Wildman–Crippen LogP) is 3.90. The van der Waals surface area contributed by atoms with Gasteiger partial charge >= 0.3 is 0 Å². The van der Waals surface area contributed by atoms with E-state index in [1.165, 1.54) is 15.6 Å². The molecule has 1 aromatic carbocycles. The molecule has 0 heterocycles. The molecule has 0 saturated heterocycles. The Labute approximate surface area is 107 Å². The first-order valence-electron chi connectivity index (χ1n) is 5.51. The minimum absolute atomic E-state index is 0.198. The maximum atomic E-state index is 5.30. The van der Waals surface area contributed by atoms with Crippen LogP contribution < -0.4 is 5.32 Å². The number of hydrogen-bond donors (Lipinski definition) is 1. The van der Waals surface area contributed by atoms with Crippen molar-refractivity contribution in [2.75, 3.05) is 12.4 Å². The molecule has 0 aliphatic carbocycles. The van der Waals surface area contributed by atoms with Crippen LogP contribution in [0.25, 0.3) is 0 Å². The van der Waals surface area contributed by atoms with Crippen LogP contribution in [0.2, 0.25) is 0 Å². The van der Waals surface area contributed by atoms with Crippen LogP contribution in [0.15, 0.2) is 16.6 Å². The summed E-state index contributed by atoms with van der Waals surface area (Å²) in [6.07, 6.45) is 0.198. The number of anilines is 1. The molecule has 1 rings (SSSR count). The average Bonchev–Trinajstić information content (AvgIpc) is 2.24. The lowest BCUT2D eigenvalue weighted by molar-refractivity contribution is 0.106. The van der Waals surface area contributed by atoms with Crippen molar-refractivity contribution < 1.29 is 4.74 Å². The number of aryl methyl sites for hydroxylation is 2. The van der Waals surface area contributed by atoms with Gasteiger partial charge in [0.05, 0.1) is 6.10 Å². The third-order valence-electron chi connectivity index (χ3n) is 2.91. The number of ether oxygens (including phenoxy) is 1. The lowest BCUT2D eigenvalue weighted by atomic mass is 10.1. The van der Waals surface area contributed by atoms with Gasteiger partial charge in [0, 0.05) is 23.3 Å². The van der Waals surface area contributed by atoms with Gasteiger partial charge in [-0.05, 0) is 51.0 Å². The van der Waals surface area contributed by atoms with Crippen molar-refractivity contribution in [1.82, 2.24) is 0 Å². The molecule has 1 N–H and O–H groups in total. The van der Waals surface area contributed by atoms with Crippen LogP contribution in [0, 0.1) is 13.8 Å². The van der Waals surface area contributed by atoms with Gasteiger partial charge in [0.1, 0.15) is 0 Å². The van der Waals surface area contributed by atoms with E-state index in [0.29, 0.717) is 6.04 Å². The zero-order valence-electron chi connectivity index (χ0n) is 10.6. The zero-order valence-corrected chi connectivity index (χ0v) is 12.2. The van der Waals surface area contributed by atoms with Gasteiger partial charge in [-0.1, -0.05) is 15.9 Å². The Morgan fingerprint density at radius 2 is 1.69 bits per heavy atom. The fourth-order valence-electron chi connectivity index (χ4n) is 1.61. The Kier molecular flexibility index (Phi) is 4.81. The number of halogens is 1. The highest BCUT2D eigenvalue weighted by Gasteiger charge is 2.11. The van der Waals surface area contributed by atoms with Gasteiger partial charge < -0.3 is 10.1 Å². The molecule has 2 nitrogen and oxygen atoms in total. The van der Waals surface area contributed by atoms with E-state index in [1.54, 1.807) is 7.11 Å². The fraction of sp³-hybridized carbons (Fsp3) is 0.538. The fourth-order valence-corrected chi connectivity index (χ4v) is 1.84. The molecular weight excluding hydrogens is 266 g/mol. The molecule has 2 atom stereocenters. The first kappa shape index (κ1) is 13.5. The van der Waals surface area contributed by atoms with Gasteiger partial charge in [-0.25, -0.2) is 0 Å².